The number of aryl methyl sites for hydroxylation is 2. The zero-order valence-electron chi connectivity index (χ0n) is 20.9. The number of hydrogen-bond donors (Lipinski definition) is 2. The van der Waals surface area contributed by atoms with Crippen LogP contribution >= 0.6 is 0 Å². The van der Waals surface area contributed by atoms with E-state index in [0.717, 1.165) is 34.7 Å². The van der Waals surface area contributed by atoms with Crippen molar-refractivity contribution >= 4 is 34.8 Å². The quantitative estimate of drug-likeness (QED) is 0.378. The van der Waals surface area contributed by atoms with Gasteiger partial charge >= 0.3 is 0 Å². The second kappa shape index (κ2) is 10.1. The summed E-state index contributed by atoms with van der Waals surface area (Å²) in [5.41, 5.74) is 6.15. The van der Waals surface area contributed by atoms with E-state index in [1.54, 1.807) is 48.4 Å². The largest absolute Gasteiger partial charge is 0.497 e. The van der Waals surface area contributed by atoms with Gasteiger partial charge in [-0.05, 0) is 92.6 Å². The predicted octanol–water partition coefficient (Wildman–Crippen LogP) is 5.30. The van der Waals surface area contributed by atoms with Crippen molar-refractivity contribution in [1.29, 1.82) is 0 Å². The van der Waals surface area contributed by atoms with E-state index < -0.39 is 0 Å². The molecule has 5 rings (SSSR count). The lowest BCUT2D eigenvalue weighted by Crippen LogP contribution is -2.28. The van der Waals surface area contributed by atoms with Crippen LogP contribution in [0.5, 0.6) is 5.75 Å². The van der Waals surface area contributed by atoms with Gasteiger partial charge in [-0.25, -0.2) is 9.97 Å². The molecule has 0 spiro atoms. The average molecular weight is 494 g/mol. The number of hydrogen-bond acceptors (Lipinski definition) is 6. The number of methoxy groups -OCH3 is 1. The third kappa shape index (κ3) is 5.28. The molecule has 2 heterocycles. The highest BCUT2D eigenvalue weighted by atomic mass is 16.5. The van der Waals surface area contributed by atoms with E-state index in [9.17, 15) is 9.59 Å². The Bertz CT molecular complexity index is 1450. The van der Waals surface area contributed by atoms with Gasteiger partial charge in [0.05, 0.1) is 7.11 Å². The molecule has 0 unspecified atom stereocenters. The van der Waals surface area contributed by atoms with E-state index in [2.05, 4.69) is 20.6 Å². The van der Waals surface area contributed by atoms with Crippen LogP contribution in [0.2, 0.25) is 0 Å². The molecule has 1 aliphatic rings. The van der Waals surface area contributed by atoms with Gasteiger partial charge in [0.15, 0.2) is 0 Å². The highest BCUT2D eigenvalue weighted by Crippen LogP contribution is 2.32. The third-order valence-corrected chi connectivity index (χ3v) is 6.21. The topological polar surface area (TPSA) is 96.5 Å². The van der Waals surface area contributed by atoms with Crippen LogP contribution in [0.25, 0.3) is 0 Å². The van der Waals surface area contributed by atoms with Gasteiger partial charge in [0.2, 0.25) is 5.95 Å². The van der Waals surface area contributed by atoms with Gasteiger partial charge in [-0.1, -0.05) is 6.07 Å². The van der Waals surface area contributed by atoms with E-state index in [1.165, 1.54) is 0 Å². The Labute approximate surface area is 215 Å². The van der Waals surface area contributed by atoms with Crippen LogP contribution in [0.4, 0.5) is 23.0 Å². The lowest BCUT2D eigenvalue weighted by atomic mass is 10.1. The zero-order chi connectivity index (χ0) is 25.9. The van der Waals surface area contributed by atoms with Crippen molar-refractivity contribution in [3.05, 3.63) is 101 Å². The number of fused-ring (bicyclic) bond motifs is 1. The van der Waals surface area contributed by atoms with Crippen LogP contribution in [0.15, 0.2) is 72.8 Å². The number of nitrogens with zero attached hydrogens (tertiary/aromatic N) is 3. The van der Waals surface area contributed by atoms with Gasteiger partial charge in [-0.15, -0.1) is 0 Å². The fourth-order valence-corrected chi connectivity index (χ4v) is 4.38. The molecular formula is C29H27N5O3. The molecule has 0 saturated carbocycles. The summed E-state index contributed by atoms with van der Waals surface area (Å²) in [6.45, 7) is 4.43. The van der Waals surface area contributed by atoms with Crippen LogP contribution in [-0.4, -0.2) is 35.4 Å². The summed E-state index contributed by atoms with van der Waals surface area (Å²) in [5.74, 6) is 0.897. The highest BCUT2D eigenvalue weighted by molar-refractivity contribution is 6.08. The first-order valence-corrected chi connectivity index (χ1v) is 12.0. The van der Waals surface area contributed by atoms with Gasteiger partial charge in [-0.3, -0.25) is 9.59 Å². The highest BCUT2D eigenvalue weighted by Gasteiger charge is 2.26. The molecule has 0 bridgehead atoms. The summed E-state index contributed by atoms with van der Waals surface area (Å²) in [5, 5.41) is 6.11. The Balaban J connectivity index is 1.28. The van der Waals surface area contributed by atoms with E-state index >= 15 is 0 Å². The average Bonchev–Trinajstić information content (AvgIpc) is 3.31. The molecule has 8 heteroatoms. The lowest BCUT2D eigenvalue weighted by Gasteiger charge is -2.18. The van der Waals surface area contributed by atoms with Crippen LogP contribution in [-0.2, 0) is 6.42 Å². The Morgan fingerprint density at radius 1 is 0.838 bits per heavy atom. The molecule has 8 nitrogen and oxygen atoms in total. The number of anilines is 4. The SMILES string of the molecule is COc1ccc(C(=O)N2CCc3ccc(NC(=O)c4ccc(Nc5nc(C)cc(C)n5)cc4)cc32)cc1. The molecule has 3 aromatic carbocycles. The monoisotopic (exact) mass is 493 g/mol. The number of benzene rings is 3. The molecule has 0 atom stereocenters. The molecule has 0 radical (unpaired) electrons. The summed E-state index contributed by atoms with van der Waals surface area (Å²) in [6, 6.07) is 21.8. The Morgan fingerprint density at radius 2 is 1.49 bits per heavy atom. The summed E-state index contributed by atoms with van der Waals surface area (Å²) < 4.78 is 5.19. The van der Waals surface area contributed by atoms with E-state index in [4.69, 9.17) is 4.74 Å². The Morgan fingerprint density at radius 3 is 2.16 bits per heavy atom. The van der Waals surface area contributed by atoms with Gasteiger partial charge in [0, 0.05) is 46.1 Å². The molecule has 0 aliphatic carbocycles. The molecule has 0 fully saturated rings. The number of ether oxygens (including phenoxy) is 1. The van der Waals surface area contributed by atoms with Crippen LogP contribution < -0.4 is 20.3 Å². The minimum absolute atomic E-state index is 0.0826. The van der Waals surface area contributed by atoms with Crippen molar-refractivity contribution in [3.63, 3.8) is 0 Å². The van der Waals surface area contributed by atoms with Gasteiger partial charge in [-0.2, -0.15) is 0 Å². The smallest absolute Gasteiger partial charge is 0.258 e. The van der Waals surface area contributed by atoms with Crippen molar-refractivity contribution in [3.8, 4) is 5.75 Å². The van der Waals surface area contributed by atoms with E-state index in [-0.39, 0.29) is 11.8 Å². The molecule has 37 heavy (non-hydrogen) atoms. The van der Waals surface area contributed by atoms with E-state index in [1.807, 2.05) is 50.2 Å². The molecule has 2 amide bonds. The first kappa shape index (κ1) is 24.0. The fourth-order valence-electron chi connectivity index (χ4n) is 4.38. The Kier molecular flexibility index (Phi) is 6.55. The Hall–Kier alpha value is -4.72. The number of carbonyl (C=O) groups excluding carboxylic acids is 2. The molecule has 1 aliphatic heterocycles. The van der Waals surface area contributed by atoms with Crippen molar-refractivity contribution in [2.45, 2.75) is 20.3 Å². The second-order valence-electron chi connectivity index (χ2n) is 8.91. The maximum absolute atomic E-state index is 13.1. The zero-order valence-corrected chi connectivity index (χ0v) is 20.9. The first-order valence-electron chi connectivity index (χ1n) is 12.0. The van der Waals surface area contributed by atoms with Crippen LogP contribution in [0, 0.1) is 13.8 Å². The normalized spacial score (nSPS) is 12.1. The molecule has 1 aromatic heterocycles. The maximum Gasteiger partial charge on any atom is 0.258 e. The van der Waals surface area contributed by atoms with Gasteiger partial charge < -0.3 is 20.3 Å². The molecule has 186 valence electrons. The minimum atomic E-state index is -0.236. The van der Waals surface area contributed by atoms with E-state index in [0.29, 0.717) is 35.1 Å². The first-order chi connectivity index (χ1) is 17.9. The maximum atomic E-state index is 13.1. The summed E-state index contributed by atoms with van der Waals surface area (Å²) in [6.07, 6.45) is 0.768. The van der Waals surface area contributed by atoms with Crippen LogP contribution in [0.1, 0.15) is 37.7 Å². The van der Waals surface area contributed by atoms with Crippen molar-refractivity contribution in [2.75, 3.05) is 29.2 Å². The molecule has 4 aromatic rings. The summed E-state index contributed by atoms with van der Waals surface area (Å²) in [7, 11) is 1.59. The number of nitrogens with one attached hydrogen (secondary N) is 2. The van der Waals surface area contributed by atoms with Crippen molar-refractivity contribution in [2.24, 2.45) is 0 Å². The minimum Gasteiger partial charge on any atom is -0.497 e. The number of amides is 2. The number of rotatable bonds is 6. The van der Waals surface area contributed by atoms with Gasteiger partial charge in [0.1, 0.15) is 5.75 Å². The summed E-state index contributed by atoms with van der Waals surface area (Å²) >= 11 is 0. The molecule has 0 saturated heterocycles. The lowest BCUT2D eigenvalue weighted by molar-refractivity contribution is 0.0988. The molecule has 2 N–H and O–H groups in total. The number of aromatic nitrogens is 2. The molecular weight excluding hydrogens is 466 g/mol. The third-order valence-electron chi connectivity index (χ3n) is 6.21. The number of carbonyl (C=O) groups is 2. The standard InChI is InChI=1S/C29H27N5O3/c1-18-16-19(2)31-29(30-18)33-23-9-5-21(6-10-23)27(35)32-24-11-4-20-14-15-34(26(20)17-24)28(36)22-7-12-25(37-3)13-8-22/h4-13,16-17H,14-15H2,1-3H3,(H,32,35)(H,30,31,33). The summed E-state index contributed by atoms with van der Waals surface area (Å²) in [4.78, 5) is 36.6. The van der Waals surface area contributed by atoms with Crippen LogP contribution in [0.3, 0.4) is 0 Å². The van der Waals surface area contributed by atoms with Crippen molar-refractivity contribution in [1.82, 2.24) is 9.97 Å². The van der Waals surface area contributed by atoms with Gasteiger partial charge in [0.25, 0.3) is 11.8 Å². The van der Waals surface area contributed by atoms with Crippen molar-refractivity contribution < 1.29 is 14.3 Å². The predicted molar refractivity (Wildman–Crippen MR) is 144 cm³/mol. The second-order valence-corrected chi connectivity index (χ2v) is 8.91. The fraction of sp³-hybridized carbons (Fsp3) is 0.172.